The van der Waals surface area contributed by atoms with Gasteiger partial charge in [0.2, 0.25) is 0 Å². The molecule has 1 aromatic rings. The van der Waals surface area contributed by atoms with Crippen LogP contribution in [0.3, 0.4) is 0 Å². The van der Waals surface area contributed by atoms with Crippen molar-refractivity contribution < 1.29 is 25.2 Å². The predicted molar refractivity (Wildman–Crippen MR) is 58.0 cm³/mol. The molecule has 0 spiro atoms. The fraction of sp³-hybridized carbons (Fsp3) is 0.222. The van der Waals surface area contributed by atoms with Crippen molar-refractivity contribution in [3.63, 3.8) is 0 Å². The minimum atomic E-state index is -1.21. The predicted octanol–water partition coefficient (Wildman–Crippen LogP) is 0.180. The molecule has 0 aliphatic heterocycles. The number of rotatable bonds is 3. The van der Waals surface area contributed by atoms with E-state index in [-0.39, 0.29) is 30.1 Å². The van der Waals surface area contributed by atoms with Gasteiger partial charge in [-0.15, -0.1) is 12.4 Å². The standard InChI is InChI=1S/C9H11NO5.ClH/c10-5(9(14)15)1-4-2-7(12)8(13)3-6(4)11;/h2-3,5,11-13H,1,10H2,(H,14,15);1H/t5-;/m0./s1. The van der Waals surface area contributed by atoms with Crippen molar-refractivity contribution >= 4 is 18.4 Å². The summed E-state index contributed by atoms with van der Waals surface area (Å²) in [5, 5.41) is 36.0. The molecule has 0 aliphatic carbocycles. The van der Waals surface area contributed by atoms with Gasteiger partial charge in [0.15, 0.2) is 11.5 Å². The van der Waals surface area contributed by atoms with Crippen LogP contribution in [0.1, 0.15) is 5.56 Å². The van der Waals surface area contributed by atoms with Gasteiger partial charge in [-0.2, -0.15) is 0 Å². The van der Waals surface area contributed by atoms with Crippen molar-refractivity contribution in [2.24, 2.45) is 5.73 Å². The Bertz CT molecular complexity index is 396. The molecule has 0 aromatic heterocycles. The maximum atomic E-state index is 10.4. The number of carbonyl (C=O) groups is 1. The van der Waals surface area contributed by atoms with E-state index < -0.39 is 23.5 Å². The van der Waals surface area contributed by atoms with Gasteiger partial charge in [-0.3, -0.25) is 4.79 Å². The van der Waals surface area contributed by atoms with Crippen LogP contribution in [-0.2, 0) is 11.2 Å². The number of halogens is 1. The van der Waals surface area contributed by atoms with E-state index >= 15 is 0 Å². The molecule has 0 radical (unpaired) electrons. The van der Waals surface area contributed by atoms with Crippen LogP contribution in [0.25, 0.3) is 0 Å². The van der Waals surface area contributed by atoms with E-state index in [0.29, 0.717) is 0 Å². The summed E-state index contributed by atoms with van der Waals surface area (Å²) in [4.78, 5) is 10.4. The minimum Gasteiger partial charge on any atom is -0.508 e. The molecule has 16 heavy (non-hydrogen) atoms. The van der Waals surface area contributed by atoms with Gasteiger partial charge in [0.25, 0.3) is 0 Å². The number of phenols is 3. The third kappa shape index (κ3) is 3.18. The normalized spacial score (nSPS) is 11.6. The average molecular weight is 250 g/mol. The van der Waals surface area contributed by atoms with Crippen molar-refractivity contribution in [2.75, 3.05) is 0 Å². The lowest BCUT2D eigenvalue weighted by atomic mass is 10.0. The maximum Gasteiger partial charge on any atom is 0.320 e. The molecule has 1 aromatic carbocycles. The second-order valence-electron chi connectivity index (χ2n) is 3.12. The fourth-order valence-electron chi connectivity index (χ4n) is 1.10. The number of benzene rings is 1. The zero-order chi connectivity index (χ0) is 11.6. The topological polar surface area (TPSA) is 124 Å². The van der Waals surface area contributed by atoms with E-state index in [1.807, 2.05) is 0 Å². The molecule has 0 bridgehead atoms. The Kier molecular flexibility index (Phi) is 4.87. The van der Waals surface area contributed by atoms with Crippen molar-refractivity contribution in [2.45, 2.75) is 12.5 Å². The van der Waals surface area contributed by atoms with Crippen molar-refractivity contribution in [3.05, 3.63) is 17.7 Å². The lowest BCUT2D eigenvalue weighted by molar-refractivity contribution is -0.138. The summed E-state index contributed by atoms with van der Waals surface area (Å²) < 4.78 is 0. The molecule has 6 nitrogen and oxygen atoms in total. The first-order valence-corrected chi connectivity index (χ1v) is 4.14. The largest absolute Gasteiger partial charge is 0.508 e. The monoisotopic (exact) mass is 249 g/mol. The Morgan fingerprint density at radius 1 is 1.19 bits per heavy atom. The van der Waals surface area contributed by atoms with E-state index in [1.54, 1.807) is 0 Å². The van der Waals surface area contributed by atoms with Gasteiger partial charge in [-0.1, -0.05) is 0 Å². The number of aromatic hydroxyl groups is 3. The van der Waals surface area contributed by atoms with Crippen molar-refractivity contribution in [3.8, 4) is 17.2 Å². The van der Waals surface area contributed by atoms with Gasteiger partial charge < -0.3 is 26.2 Å². The summed E-state index contributed by atoms with van der Waals surface area (Å²) in [5.41, 5.74) is 5.42. The first-order chi connectivity index (χ1) is 6.91. The highest BCUT2D eigenvalue weighted by Gasteiger charge is 2.16. The van der Waals surface area contributed by atoms with Crippen LogP contribution in [-0.4, -0.2) is 32.4 Å². The summed E-state index contributed by atoms with van der Waals surface area (Å²) in [6.45, 7) is 0. The number of aliphatic carboxylic acids is 1. The highest BCUT2D eigenvalue weighted by molar-refractivity contribution is 5.85. The second-order valence-corrected chi connectivity index (χ2v) is 3.12. The van der Waals surface area contributed by atoms with E-state index in [4.69, 9.17) is 21.1 Å². The van der Waals surface area contributed by atoms with Crippen LogP contribution >= 0.6 is 12.4 Å². The summed E-state index contributed by atoms with van der Waals surface area (Å²) in [7, 11) is 0. The van der Waals surface area contributed by atoms with Crippen LogP contribution in [0.4, 0.5) is 0 Å². The first kappa shape index (κ1) is 14.3. The van der Waals surface area contributed by atoms with Gasteiger partial charge in [0.1, 0.15) is 11.8 Å². The number of carboxylic acid groups (broad SMARTS) is 1. The van der Waals surface area contributed by atoms with E-state index in [0.717, 1.165) is 12.1 Å². The Balaban J connectivity index is 0.00000225. The molecular weight excluding hydrogens is 238 g/mol. The molecule has 6 N–H and O–H groups in total. The number of hydrogen-bond acceptors (Lipinski definition) is 5. The number of nitrogens with two attached hydrogens (primary N) is 1. The van der Waals surface area contributed by atoms with Crippen LogP contribution in [0.2, 0.25) is 0 Å². The molecule has 0 saturated carbocycles. The maximum absolute atomic E-state index is 10.4. The molecule has 7 heteroatoms. The highest BCUT2D eigenvalue weighted by Crippen LogP contribution is 2.32. The van der Waals surface area contributed by atoms with E-state index in [2.05, 4.69) is 0 Å². The molecule has 0 heterocycles. The van der Waals surface area contributed by atoms with Gasteiger partial charge in [-0.25, -0.2) is 0 Å². The zero-order valence-corrected chi connectivity index (χ0v) is 8.94. The SMILES string of the molecule is Cl.N[C@@H](Cc1cc(O)c(O)cc1O)C(=O)O. The third-order valence-electron chi connectivity index (χ3n) is 1.93. The molecule has 0 aliphatic rings. The number of hydrogen-bond donors (Lipinski definition) is 5. The van der Waals surface area contributed by atoms with Gasteiger partial charge in [-0.05, 0) is 11.6 Å². The van der Waals surface area contributed by atoms with Crippen LogP contribution < -0.4 is 5.73 Å². The smallest absolute Gasteiger partial charge is 0.320 e. The minimum absolute atomic E-state index is 0. The summed E-state index contributed by atoms with van der Waals surface area (Å²) >= 11 is 0. The summed E-state index contributed by atoms with van der Waals surface area (Å²) in [6.07, 6.45) is -0.130. The fourth-order valence-corrected chi connectivity index (χ4v) is 1.10. The Labute approximate surface area is 97.4 Å². The molecule has 1 atom stereocenters. The molecule has 0 amide bonds. The lowest BCUT2D eigenvalue weighted by Gasteiger charge is -2.09. The van der Waals surface area contributed by atoms with Gasteiger partial charge in [0.05, 0.1) is 0 Å². The Morgan fingerprint density at radius 3 is 2.19 bits per heavy atom. The molecule has 0 fully saturated rings. The Morgan fingerprint density at radius 2 is 1.69 bits per heavy atom. The van der Waals surface area contributed by atoms with Crippen LogP contribution in [0.5, 0.6) is 17.2 Å². The van der Waals surface area contributed by atoms with Gasteiger partial charge in [0, 0.05) is 12.5 Å². The van der Waals surface area contributed by atoms with Crippen molar-refractivity contribution in [1.29, 1.82) is 0 Å². The second kappa shape index (κ2) is 5.43. The van der Waals surface area contributed by atoms with Crippen LogP contribution in [0, 0.1) is 0 Å². The summed E-state index contributed by atoms with van der Waals surface area (Å²) in [6, 6.07) is 0.840. The zero-order valence-electron chi connectivity index (χ0n) is 8.12. The third-order valence-corrected chi connectivity index (χ3v) is 1.93. The highest BCUT2D eigenvalue weighted by atomic mass is 35.5. The van der Waals surface area contributed by atoms with Crippen molar-refractivity contribution in [1.82, 2.24) is 0 Å². The first-order valence-electron chi connectivity index (χ1n) is 4.14. The Hall–Kier alpha value is -1.66. The van der Waals surface area contributed by atoms with E-state index in [9.17, 15) is 9.90 Å². The quantitative estimate of drug-likeness (QED) is 0.384. The molecule has 1 rings (SSSR count). The molecule has 0 unspecified atom stereocenters. The van der Waals surface area contributed by atoms with Gasteiger partial charge >= 0.3 is 5.97 Å². The van der Waals surface area contributed by atoms with Crippen LogP contribution in [0.15, 0.2) is 12.1 Å². The molecule has 0 saturated heterocycles. The molecule has 90 valence electrons. The lowest BCUT2D eigenvalue weighted by Crippen LogP contribution is -2.32. The van der Waals surface area contributed by atoms with E-state index in [1.165, 1.54) is 0 Å². The molecular formula is C9H12ClNO5. The number of phenolic OH excluding ortho intramolecular Hbond substituents is 3. The average Bonchev–Trinajstić information content (AvgIpc) is 2.13. The summed E-state index contributed by atoms with van der Waals surface area (Å²) in [5.74, 6) is -2.41. The number of carboxylic acids is 1.